The molecule has 0 amide bonds. The predicted octanol–water partition coefficient (Wildman–Crippen LogP) is 3.02. The Balaban J connectivity index is 3.40. The van der Waals surface area contributed by atoms with Gasteiger partial charge in [-0.1, -0.05) is 0 Å². The van der Waals surface area contributed by atoms with Crippen molar-refractivity contribution >= 4 is 32.9 Å². The van der Waals surface area contributed by atoms with E-state index in [9.17, 15) is 8.42 Å². The molecule has 110 valence electrons. The Labute approximate surface area is 129 Å². The standard InChI is InChI=1S/C14H21NO2SSeSi/c1-14(2,3)20(4,5)13(19-11-15)18(16,17)12-9-7-6-8-10-12/h6-10,13H,1-5H3. The van der Waals surface area contributed by atoms with Crippen LogP contribution in [0.15, 0.2) is 35.2 Å². The van der Waals surface area contributed by atoms with Crippen molar-refractivity contribution in [3.05, 3.63) is 30.3 Å². The van der Waals surface area contributed by atoms with Crippen LogP contribution in [0.1, 0.15) is 20.8 Å². The summed E-state index contributed by atoms with van der Waals surface area (Å²) in [5.41, 5.74) is 0. The summed E-state index contributed by atoms with van der Waals surface area (Å²) in [7, 11) is -5.59. The van der Waals surface area contributed by atoms with Gasteiger partial charge in [-0.15, -0.1) is 0 Å². The minimum absolute atomic E-state index is 0.0713. The van der Waals surface area contributed by atoms with Crippen LogP contribution < -0.4 is 0 Å². The monoisotopic (exact) mass is 375 g/mol. The Kier molecular flexibility index (Phi) is 5.26. The SMILES string of the molecule is CC(C)(C)[Si](C)(C)C([Se]C#N)S(=O)(=O)c1ccccc1. The first-order chi connectivity index (χ1) is 9.05. The molecule has 0 aliphatic heterocycles. The van der Waals surface area contributed by atoms with Crippen LogP contribution in [0.3, 0.4) is 0 Å². The summed E-state index contributed by atoms with van der Waals surface area (Å²) < 4.78 is 25.3. The first-order valence-corrected chi connectivity index (χ1v) is 12.9. The van der Waals surface area contributed by atoms with Crippen molar-refractivity contribution in [2.75, 3.05) is 0 Å². The van der Waals surface area contributed by atoms with Gasteiger partial charge in [-0.3, -0.25) is 0 Å². The molecule has 3 nitrogen and oxygen atoms in total. The Hall–Kier alpha value is -0.604. The second-order valence-electron chi connectivity index (χ2n) is 6.37. The predicted molar refractivity (Wildman–Crippen MR) is 86.0 cm³/mol. The van der Waals surface area contributed by atoms with Gasteiger partial charge in [0.1, 0.15) is 0 Å². The quantitative estimate of drug-likeness (QED) is 0.761. The molecule has 0 fully saturated rings. The van der Waals surface area contributed by atoms with Crippen molar-refractivity contribution in [2.24, 2.45) is 0 Å². The van der Waals surface area contributed by atoms with Crippen molar-refractivity contribution in [3.8, 4) is 4.97 Å². The summed E-state index contributed by atoms with van der Waals surface area (Å²) in [5.74, 6) is 0. The van der Waals surface area contributed by atoms with E-state index in [1.54, 1.807) is 30.3 Å². The molecule has 1 unspecified atom stereocenters. The summed E-state index contributed by atoms with van der Waals surface area (Å²) in [5, 5.41) is 9.04. The number of sulfone groups is 1. The van der Waals surface area contributed by atoms with Gasteiger partial charge < -0.3 is 0 Å². The zero-order chi connectivity index (χ0) is 15.6. The molecule has 0 heterocycles. The van der Waals surface area contributed by atoms with E-state index in [0.29, 0.717) is 4.90 Å². The van der Waals surface area contributed by atoms with Gasteiger partial charge in [-0.05, 0) is 0 Å². The van der Waals surface area contributed by atoms with E-state index < -0.39 is 36.6 Å². The molecule has 0 N–H and O–H groups in total. The second kappa shape index (κ2) is 6.03. The van der Waals surface area contributed by atoms with Gasteiger partial charge in [0.25, 0.3) is 0 Å². The number of nitrogens with zero attached hydrogens (tertiary/aromatic N) is 1. The first-order valence-electron chi connectivity index (χ1n) is 6.39. The fourth-order valence-corrected chi connectivity index (χ4v) is 14.5. The van der Waals surface area contributed by atoms with Gasteiger partial charge >= 0.3 is 129 Å². The maximum absolute atomic E-state index is 12.9. The Morgan fingerprint density at radius 2 is 1.70 bits per heavy atom. The first kappa shape index (κ1) is 17.4. The summed E-state index contributed by atoms with van der Waals surface area (Å²) in [4.78, 5) is 2.48. The molecule has 1 aromatic rings. The molecule has 1 atom stereocenters. The molecule has 0 aliphatic rings. The van der Waals surface area contributed by atoms with Crippen molar-refractivity contribution in [1.82, 2.24) is 0 Å². The molecular formula is C14H21NO2SSeSi. The van der Waals surface area contributed by atoms with E-state index in [2.05, 4.69) is 38.8 Å². The molecule has 0 spiro atoms. The third-order valence-corrected chi connectivity index (χ3v) is 20.4. The molecule has 0 aromatic heterocycles. The third-order valence-electron chi connectivity index (χ3n) is 4.04. The average molecular weight is 374 g/mol. The Morgan fingerprint density at radius 1 is 1.20 bits per heavy atom. The molecule has 1 aromatic carbocycles. The van der Waals surface area contributed by atoms with Gasteiger partial charge in [-0.25, -0.2) is 0 Å². The van der Waals surface area contributed by atoms with Crippen LogP contribution >= 0.6 is 0 Å². The van der Waals surface area contributed by atoms with E-state index in [0.717, 1.165) is 0 Å². The number of rotatable bonds is 4. The van der Waals surface area contributed by atoms with Crippen LogP contribution in [0.25, 0.3) is 0 Å². The van der Waals surface area contributed by atoms with E-state index in [-0.39, 0.29) is 5.04 Å². The van der Waals surface area contributed by atoms with Crippen LogP contribution in [-0.4, -0.2) is 35.2 Å². The van der Waals surface area contributed by atoms with Crippen molar-refractivity contribution < 1.29 is 8.42 Å². The van der Waals surface area contributed by atoms with Crippen LogP contribution in [-0.2, 0) is 9.84 Å². The molecule has 0 saturated heterocycles. The van der Waals surface area contributed by atoms with Crippen LogP contribution in [0.2, 0.25) is 18.1 Å². The number of hydrogen-bond donors (Lipinski definition) is 0. The normalized spacial score (nSPS) is 14.6. The maximum atomic E-state index is 12.9. The van der Waals surface area contributed by atoms with E-state index >= 15 is 0 Å². The molecule has 0 radical (unpaired) electrons. The Morgan fingerprint density at radius 3 is 2.10 bits per heavy atom. The molecule has 6 heteroatoms. The second-order valence-corrected chi connectivity index (χ2v) is 17.8. The molecule has 0 saturated carbocycles. The van der Waals surface area contributed by atoms with Crippen LogP contribution in [0.5, 0.6) is 0 Å². The van der Waals surface area contributed by atoms with Crippen molar-refractivity contribution in [3.63, 3.8) is 0 Å². The van der Waals surface area contributed by atoms with E-state index in [4.69, 9.17) is 5.26 Å². The zero-order valence-corrected chi connectivity index (χ0v) is 16.1. The summed E-state index contributed by atoms with van der Waals surface area (Å²) >= 11 is -0.558. The summed E-state index contributed by atoms with van der Waals surface area (Å²) in [6, 6.07) is 8.52. The van der Waals surface area contributed by atoms with Gasteiger partial charge in [0, 0.05) is 0 Å². The number of nitriles is 1. The molecular weight excluding hydrogens is 353 g/mol. The van der Waals surface area contributed by atoms with Gasteiger partial charge in [-0.2, -0.15) is 0 Å². The van der Waals surface area contributed by atoms with Gasteiger partial charge in [0.05, 0.1) is 0 Å². The topological polar surface area (TPSA) is 57.9 Å². The molecule has 20 heavy (non-hydrogen) atoms. The van der Waals surface area contributed by atoms with E-state index in [1.807, 2.05) is 0 Å². The Bertz CT molecular complexity index is 600. The van der Waals surface area contributed by atoms with Gasteiger partial charge in [0.15, 0.2) is 0 Å². The van der Waals surface area contributed by atoms with Crippen LogP contribution in [0, 0.1) is 10.2 Å². The summed E-state index contributed by atoms with van der Waals surface area (Å²) in [6.07, 6.45) is 0. The minimum atomic E-state index is -3.44. The van der Waals surface area contributed by atoms with E-state index in [1.165, 1.54) is 0 Å². The molecule has 1 rings (SSSR count). The summed E-state index contributed by atoms with van der Waals surface area (Å²) in [6.45, 7) is 10.4. The fourth-order valence-electron chi connectivity index (χ4n) is 1.73. The van der Waals surface area contributed by atoms with Crippen LogP contribution in [0.4, 0.5) is 0 Å². The molecule has 0 bridgehead atoms. The van der Waals surface area contributed by atoms with Crippen molar-refractivity contribution in [2.45, 2.75) is 47.6 Å². The zero-order valence-electron chi connectivity index (χ0n) is 12.5. The van der Waals surface area contributed by atoms with Crippen molar-refractivity contribution in [1.29, 1.82) is 5.26 Å². The average Bonchev–Trinajstić information content (AvgIpc) is 2.35. The van der Waals surface area contributed by atoms with Gasteiger partial charge in [0.2, 0.25) is 0 Å². The number of hydrogen-bond acceptors (Lipinski definition) is 3. The molecule has 0 aliphatic carbocycles. The third kappa shape index (κ3) is 3.34. The number of benzene rings is 1. The fraction of sp³-hybridized carbons (Fsp3) is 0.500.